The van der Waals surface area contributed by atoms with E-state index in [0.29, 0.717) is 6.42 Å². The van der Waals surface area contributed by atoms with Crippen molar-refractivity contribution in [1.29, 1.82) is 0 Å². The Balaban J connectivity index is 1.80. The highest BCUT2D eigenvalue weighted by atomic mass is 32.2. The van der Waals surface area contributed by atoms with Crippen molar-refractivity contribution in [2.45, 2.75) is 30.7 Å². The van der Waals surface area contributed by atoms with E-state index in [1.54, 1.807) is 24.3 Å². The molecule has 1 unspecified atom stereocenters. The highest BCUT2D eigenvalue weighted by Crippen LogP contribution is 2.12. The summed E-state index contributed by atoms with van der Waals surface area (Å²) < 4.78 is 28.4. The molecule has 0 aliphatic carbocycles. The Morgan fingerprint density at radius 2 is 1.46 bits per heavy atom. The first-order chi connectivity index (χ1) is 13.5. The van der Waals surface area contributed by atoms with E-state index in [1.807, 2.05) is 67.6 Å². The summed E-state index contributed by atoms with van der Waals surface area (Å²) in [6, 6.07) is 25.9. The fourth-order valence-electron chi connectivity index (χ4n) is 2.78. The molecule has 0 spiro atoms. The van der Waals surface area contributed by atoms with Crippen molar-refractivity contribution in [3.8, 4) is 11.8 Å². The van der Waals surface area contributed by atoms with E-state index in [1.165, 1.54) is 0 Å². The van der Waals surface area contributed by atoms with Crippen molar-refractivity contribution in [1.82, 2.24) is 4.72 Å². The van der Waals surface area contributed by atoms with Crippen LogP contribution in [0.5, 0.6) is 0 Å². The first-order valence-electron chi connectivity index (χ1n) is 9.22. The minimum absolute atomic E-state index is 0.254. The van der Waals surface area contributed by atoms with Gasteiger partial charge in [-0.2, -0.15) is 4.72 Å². The molecule has 1 atom stereocenters. The molecule has 1 N–H and O–H groups in total. The quantitative estimate of drug-likeness (QED) is 0.638. The zero-order valence-electron chi connectivity index (χ0n) is 15.8. The van der Waals surface area contributed by atoms with Crippen LogP contribution in [-0.2, 0) is 16.4 Å². The molecule has 28 heavy (non-hydrogen) atoms. The van der Waals surface area contributed by atoms with Gasteiger partial charge in [-0.1, -0.05) is 78.1 Å². The first kappa shape index (κ1) is 19.9. The Bertz CT molecular complexity index is 1050. The summed E-state index contributed by atoms with van der Waals surface area (Å²) in [5, 5.41) is 0. The smallest absolute Gasteiger partial charge is 0.207 e. The van der Waals surface area contributed by atoms with Gasteiger partial charge in [-0.05, 0) is 49.6 Å². The van der Waals surface area contributed by atoms with Crippen LogP contribution >= 0.6 is 0 Å². The summed E-state index contributed by atoms with van der Waals surface area (Å²) in [5.41, 5.74) is 3.04. The van der Waals surface area contributed by atoms with E-state index in [0.717, 1.165) is 23.1 Å². The highest BCUT2D eigenvalue weighted by Gasteiger charge is 2.18. The minimum atomic E-state index is -3.64. The molecule has 0 aliphatic heterocycles. The molecule has 4 heteroatoms. The van der Waals surface area contributed by atoms with Crippen LogP contribution in [0, 0.1) is 18.8 Å². The molecule has 3 nitrogen and oxygen atoms in total. The van der Waals surface area contributed by atoms with Crippen LogP contribution in [0.15, 0.2) is 89.8 Å². The van der Waals surface area contributed by atoms with E-state index in [9.17, 15) is 8.42 Å². The van der Waals surface area contributed by atoms with Gasteiger partial charge in [0.05, 0.1) is 10.9 Å². The fraction of sp³-hybridized carbons (Fsp3) is 0.167. The molecular formula is C24H23NO2S. The van der Waals surface area contributed by atoms with Crippen LogP contribution in [0.4, 0.5) is 0 Å². The largest absolute Gasteiger partial charge is 0.241 e. The second-order valence-electron chi connectivity index (χ2n) is 6.65. The summed E-state index contributed by atoms with van der Waals surface area (Å²) in [5.74, 6) is 6.19. The van der Waals surface area contributed by atoms with Crippen molar-refractivity contribution < 1.29 is 8.42 Å². The number of aryl methyl sites for hydroxylation is 2. The van der Waals surface area contributed by atoms with E-state index >= 15 is 0 Å². The predicted molar refractivity (Wildman–Crippen MR) is 113 cm³/mol. The molecule has 142 valence electrons. The van der Waals surface area contributed by atoms with E-state index < -0.39 is 16.1 Å². The maximum absolute atomic E-state index is 12.8. The number of sulfonamides is 1. The number of nitrogens with one attached hydrogen (secondary N) is 1. The summed E-state index contributed by atoms with van der Waals surface area (Å²) in [6.45, 7) is 1.93. The maximum atomic E-state index is 12.8. The number of rotatable bonds is 6. The Morgan fingerprint density at radius 1 is 0.857 bits per heavy atom. The van der Waals surface area contributed by atoms with Crippen LogP contribution in [0.1, 0.15) is 23.1 Å². The standard InChI is InChI=1S/C24H23NO2S/c1-20-12-18-24(19-13-20)28(26,27)25-23(16-14-21-8-4-2-5-9-21)17-15-22-10-6-3-7-11-22/h2-13,18-19,23,25H,14,16H2,1H3. The molecule has 0 aliphatic rings. The van der Waals surface area contributed by atoms with Gasteiger partial charge >= 0.3 is 0 Å². The van der Waals surface area contributed by atoms with Gasteiger partial charge in [0.1, 0.15) is 0 Å². The molecule has 0 saturated carbocycles. The molecule has 3 aromatic rings. The van der Waals surface area contributed by atoms with E-state index in [-0.39, 0.29) is 4.90 Å². The van der Waals surface area contributed by atoms with E-state index in [4.69, 9.17) is 0 Å². The Labute approximate surface area is 167 Å². The second-order valence-corrected chi connectivity index (χ2v) is 8.36. The summed E-state index contributed by atoms with van der Waals surface area (Å²) >= 11 is 0. The molecule has 3 rings (SSSR count). The van der Waals surface area contributed by atoms with Crippen molar-refractivity contribution in [2.75, 3.05) is 0 Å². The second kappa shape index (κ2) is 9.36. The van der Waals surface area contributed by atoms with Crippen LogP contribution in [0.3, 0.4) is 0 Å². The zero-order valence-corrected chi connectivity index (χ0v) is 16.6. The normalized spacial score (nSPS) is 12.0. The van der Waals surface area contributed by atoms with Crippen LogP contribution in [0.2, 0.25) is 0 Å². The summed E-state index contributed by atoms with van der Waals surface area (Å²) in [6.07, 6.45) is 1.33. The lowest BCUT2D eigenvalue weighted by molar-refractivity contribution is 0.566. The predicted octanol–water partition coefficient (Wildman–Crippen LogP) is 4.33. The lowest BCUT2D eigenvalue weighted by atomic mass is 10.1. The molecule has 0 radical (unpaired) electrons. The highest BCUT2D eigenvalue weighted by molar-refractivity contribution is 7.89. The molecule has 0 fully saturated rings. The van der Waals surface area contributed by atoms with Gasteiger partial charge in [0.15, 0.2) is 0 Å². The third-order valence-corrected chi connectivity index (χ3v) is 5.85. The first-order valence-corrected chi connectivity index (χ1v) is 10.7. The molecular weight excluding hydrogens is 366 g/mol. The lowest BCUT2D eigenvalue weighted by Crippen LogP contribution is -2.34. The average Bonchev–Trinajstić information content (AvgIpc) is 2.72. The monoisotopic (exact) mass is 389 g/mol. The Hall–Kier alpha value is -2.87. The van der Waals surface area contributed by atoms with Crippen LogP contribution < -0.4 is 4.72 Å². The third-order valence-electron chi connectivity index (χ3n) is 4.36. The molecule has 0 saturated heterocycles. The minimum Gasteiger partial charge on any atom is -0.207 e. The SMILES string of the molecule is Cc1ccc(S(=O)(=O)NC(C#Cc2ccccc2)CCc2ccccc2)cc1. The third kappa shape index (κ3) is 5.82. The summed E-state index contributed by atoms with van der Waals surface area (Å²) in [4.78, 5) is 0.254. The maximum Gasteiger partial charge on any atom is 0.241 e. The average molecular weight is 390 g/mol. The Morgan fingerprint density at radius 3 is 2.11 bits per heavy atom. The molecule has 0 bridgehead atoms. The topological polar surface area (TPSA) is 46.2 Å². The lowest BCUT2D eigenvalue weighted by Gasteiger charge is -2.14. The van der Waals surface area contributed by atoms with Gasteiger partial charge in [0.2, 0.25) is 10.0 Å². The number of benzene rings is 3. The van der Waals surface area contributed by atoms with Crippen molar-refractivity contribution in [3.63, 3.8) is 0 Å². The molecule has 0 heterocycles. The van der Waals surface area contributed by atoms with Gasteiger partial charge < -0.3 is 0 Å². The van der Waals surface area contributed by atoms with Gasteiger partial charge in [0, 0.05) is 5.56 Å². The van der Waals surface area contributed by atoms with E-state index in [2.05, 4.69) is 16.6 Å². The molecule has 0 aromatic heterocycles. The zero-order chi connectivity index (χ0) is 19.8. The van der Waals surface area contributed by atoms with Gasteiger partial charge in [-0.3, -0.25) is 0 Å². The van der Waals surface area contributed by atoms with Crippen molar-refractivity contribution >= 4 is 10.0 Å². The van der Waals surface area contributed by atoms with Gasteiger partial charge in [-0.25, -0.2) is 8.42 Å². The fourth-order valence-corrected chi connectivity index (χ4v) is 3.96. The molecule has 3 aromatic carbocycles. The van der Waals surface area contributed by atoms with Gasteiger partial charge in [-0.15, -0.1) is 0 Å². The Kier molecular flexibility index (Phi) is 6.65. The van der Waals surface area contributed by atoms with Crippen LogP contribution in [0.25, 0.3) is 0 Å². The number of hydrogen-bond acceptors (Lipinski definition) is 2. The number of hydrogen-bond donors (Lipinski definition) is 1. The van der Waals surface area contributed by atoms with Crippen LogP contribution in [-0.4, -0.2) is 14.5 Å². The van der Waals surface area contributed by atoms with Crippen molar-refractivity contribution in [3.05, 3.63) is 102 Å². The molecule has 0 amide bonds. The van der Waals surface area contributed by atoms with Gasteiger partial charge in [0.25, 0.3) is 0 Å². The van der Waals surface area contributed by atoms with Crippen molar-refractivity contribution in [2.24, 2.45) is 0 Å². The summed E-state index contributed by atoms with van der Waals surface area (Å²) in [7, 11) is -3.64.